The van der Waals surface area contributed by atoms with Gasteiger partial charge in [0.2, 0.25) is 5.91 Å². The molecule has 8 heteroatoms. The van der Waals surface area contributed by atoms with Gasteiger partial charge in [-0.25, -0.2) is 9.97 Å². The predicted molar refractivity (Wildman–Crippen MR) is 95.0 cm³/mol. The Hall–Kier alpha value is -2.74. The number of nitrogens with two attached hydrogens (primary N) is 1. The zero-order chi connectivity index (χ0) is 18.1. The molecule has 3 heterocycles. The summed E-state index contributed by atoms with van der Waals surface area (Å²) in [5.41, 5.74) is 8.10. The molecule has 0 unspecified atom stereocenters. The summed E-state index contributed by atoms with van der Waals surface area (Å²) in [6.45, 7) is 1.32. The van der Waals surface area contributed by atoms with Crippen LogP contribution in [0.1, 0.15) is 17.7 Å². The van der Waals surface area contributed by atoms with Gasteiger partial charge in [0.25, 0.3) is 0 Å². The number of aromatic nitrogens is 3. The lowest BCUT2D eigenvalue weighted by Crippen LogP contribution is -2.38. The van der Waals surface area contributed by atoms with Crippen molar-refractivity contribution in [3.8, 4) is 17.3 Å². The van der Waals surface area contributed by atoms with Crippen molar-refractivity contribution in [1.82, 2.24) is 15.0 Å². The first kappa shape index (κ1) is 16.7. The molecular weight excluding hydrogens is 334 g/mol. The zero-order valence-corrected chi connectivity index (χ0v) is 14.6. The molecule has 1 aliphatic heterocycles. The van der Waals surface area contributed by atoms with E-state index in [4.69, 9.17) is 20.2 Å². The molecule has 8 nitrogen and oxygen atoms in total. The van der Waals surface area contributed by atoms with Crippen molar-refractivity contribution < 1.29 is 14.3 Å². The largest absolute Gasteiger partial charge is 0.485 e. The molecule has 136 valence electrons. The number of aryl methyl sites for hydroxylation is 1. The molecule has 1 fully saturated rings. The number of rotatable bonds is 6. The summed E-state index contributed by atoms with van der Waals surface area (Å²) in [5, 5.41) is 0. The van der Waals surface area contributed by atoms with Crippen LogP contribution in [0.4, 0.5) is 5.82 Å². The Morgan fingerprint density at radius 2 is 2.23 bits per heavy atom. The van der Waals surface area contributed by atoms with Crippen LogP contribution in [0, 0.1) is 0 Å². The SMILES string of the molecule is CN(CC(N)=O)c1nc(-c2cc(OC3COC3)ccn2)nc2c1CCC2. The fourth-order valence-corrected chi connectivity index (χ4v) is 3.23. The minimum Gasteiger partial charge on any atom is -0.485 e. The van der Waals surface area contributed by atoms with Gasteiger partial charge in [-0.2, -0.15) is 0 Å². The summed E-state index contributed by atoms with van der Waals surface area (Å²) in [7, 11) is 1.82. The molecule has 2 aromatic heterocycles. The number of amides is 1. The average Bonchev–Trinajstić information content (AvgIpc) is 3.05. The predicted octanol–water partition coefficient (Wildman–Crippen LogP) is 0.726. The van der Waals surface area contributed by atoms with E-state index in [1.165, 1.54) is 0 Å². The molecule has 0 saturated carbocycles. The molecule has 26 heavy (non-hydrogen) atoms. The highest BCUT2D eigenvalue weighted by Gasteiger charge is 2.24. The van der Waals surface area contributed by atoms with E-state index in [1.54, 1.807) is 11.1 Å². The number of hydrogen-bond donors (Lipinski definition) is 1. The Labute approximate surface area is 151 Å². The van der Waals surface area contributed by atoms with Gasteiger partial charge in [-0.15, -0.1) is 0 Å². The van der Waals surface area contributed by atoms with E-state index in [1.807, 2.05) is 19.2 Å². The lowest BCUT2D eigenvalue weighted by molar-refractivity contribution is -0.116. The zero-order valence-electron chi connectivity index (χ0n) is 14.6. The number of nitrogens with zero attached hydrogens (tertiary/aromatic N) is 4. The van der Waals surface area contributed by atoms with E-state index in [0.717, 1.165) is 42.1 Å². The van der Waals surface area contributed by atoms with Crippen LogP contribution in [0.5, 0.6) is 5.75 Å². The first-order valence-corrected chi connectivity index (χ1v) is 8.70. The summed E-state index contributed by atoms with van der Waals surface area (Å²) >= 11 is 0. The number of anilines is 1. The summed E-state index contributed by atoms with van der Waals surface area (Å²) in [6, 6.07) is 3.65. The second-order valence-corrected chi connectivity index (χ2v) is 6.63. The van der Waals surface area contributed by atoms with Gasteiger partial charge in [0.1, 0.15) is 23.4 Å². The number of pyridine rings is 1. The third-order valence-electron chi connectivity index (χ3n) is 4.54. The maximum atomic E-state index is 11.3. The standard InChI is InChI=1S/C18H21N5O3/c1-23(8-16(19)24)18-13-3-2-4-14(13)21-17(22-18)15-7-11(5-6-20-15)26-12-9-25-10-12/h5-7,12H,2-4,8-10H2,1H3,(H2,19,24). The van der Waals surface area contributed by atoms with Crippen LogP contribution < -0.4 is 15.4 Å². The summed E-state index contributed by atoms with van der Waals surface area (Å²) in [6.07, 6.45) is 4.62. The monoisotopic (exact) mass is 355 g/mol. The topological polar surface area (TPSA) is 103 Å². The molecule has 4 rings (SSSR count). The minimum atomic E-state index is -0.393. The first-order chi connectivity index (χ1) is 12.6. The van der Waals surface area contributed by atoms with E-state index < -0.39 is 5.91 Å². The van der Waals surface area contributed by atoms with Crippen LogP contribution in [0.25, 0.3) is 11.5 Å². The lowest BCUT2D eigenvalue weighted by Gasteiger charge is -2.26. The lowest BCUT2D eigenvalue weighted by atomic mass is 10.2. The minimum absolute atomic E-state index is 0.0865. The summed E-state index contributed by atoms with van der Waals surface area (Å²) < 4.78 is 11.0. The third-order valence-corrected chi connectivity index (χ3v) is 4.54. The Kier molecular flexibility index (Phi) is 4.42. The quantitative estimate of drug-likeness (QED) is 0.814. The number of likely N-dealkylation sites (N-methyl/N-ethyl adjacent to an activating group) is 1. The van der Waals surface area contributed by atoms with E-state index in [2.05, 4.69) is 9.97 Å². The summed E-state index contributed by atoms with van der Waals surface area (Å²) in [5.74, 6) is 1.61. The van der Waals surface area contributed by atoms with Crippen molar-refractivity contribution in [2.75, 3.05) is 31.7 Å². The fourth-order valence-electron chi connectivity index (χ4n) is 3.23. The van der Waals surface area contributed by atoms with Gasteiger partial charge in [-0.3, -0.25) is 9.78 Å². The van der Waals surface area contributed by atoms with Crippen LogP contribution in [-0.2, 0) is 22.4 Å². The van der Waals surface area contributed by atoms with Gasteiger partial charge in [-0.05, 0) is 25.3 Å². The van der Waals surface area contributed by atoms with E-state index in [-0.39, 0.29) is 12.6 Å². The van der Waals surface area contributed by atoms with Gasteiger partial charge in [0.05, 0.1) is 19.8 Å². The smallest absolute Gasteiger partial charge is 0.236 e. The van der Waals surface area contributed by atoms with Crippen molar-refractivity contribution in [3.05, 3.63) is 29.6 Å². The molecule has 1 saturated heterocycles. The Morgan fingerprint density at radius 1 is 1.38 bits per heavy atom. The van der Waals surface area contributed by atoms with Crippen LogP contribution in [0.3, 0.4) is 0 Å². The van der Waals surface area contributed by atoms with Gasteiger partial charge >= 0.3 is 0 Å². The van der Waals surface area contributed by atoms with Crippen LogP contribution >= 0.6 is 0 Å². The van der Waals surface area contributed by atoms with E-state index in [0.29, 0.717) is 24.7 Å². The molecule has 0 bridgehead atoms. The van der Waals surface area contributed by atoms with Crippen LogP contribution in [0.15, 0.2) is 18.3 Å². The molecule has 2 N–H and O–H groups in total. The van der Waals surface area contributed by atoms with Crippen molar-refractivity contribution in [2.45, 2.75) is 25.4 Å². The normalized spacial score (nSPS) is 16.0. The van der Waals surface area contributed by atoms with Gasteiger partial charge in [-0.1, -0.05) is 0 Å². The van der Waals surface area contributed by atoms with E-state index in [9.17, 15) is 4.79 Å². The Bertz CT molecular complexity index is 838. The highest BCUT2D eigenvalue weighted by molar-refractivity contribution is 5.79. The number of carbonyl (C=O) groups is 1. The average molecular weight is 355 g/mol. The molecule has 1 amide bonds. The van der Waals surface area contributed by atoms with Gasteiger partial charge in [0, 0.05) is 30.6 Å². The summed E-state index contributed by atoms with van der Waals surface area (Å²) in [4.78, 5) is 26.9. The number of fused-ring (bicyclic) bond motifs is 1. The maximum absolute atomic E-state index is 11.3. The Balaban J connectivity index is 1.68. The van der Waals surface area contributed by atoms with Crippen LogP contribution in [-0.4, -0.2) is 53.8 Å². The second kappa shape index (κ2) is 6.87. The number of carbonyl (C=O) groups excluding carboxylic acids is 1. The molecule has 0 atom stereocenters. The van der Waals surface area contributed by atoms with Gasteiger partial charge in [0.15, 0.2) is 5.82 Å². The highest BCUT2D eigenvalue weighted by atomic mass is 16.6. The second-order valence-electron chi connectivity index (χ2n) is 6.63. The van der Waals surface area contributed by atoms with Crippen molar-refractivity contribution in [1.29, 1.82) is 0 Å². The van der Waals surface area contributed by atoms with Crippen molar-refractivity contribution in [2.24, 2.45) is 5.73 Å². The maximum Gasteiger partial charge on any atom is 0.236 e. The van der Waals surface area contributed by atoms with Crippen molar-refractivity contribution >= 4 is 11.7 Å². The number of hydrogen-bond acceptors (Lipinski definition) is 7. The first-order valence-electron chi connectivity index (χ1n) is 8.70. The van der Waals surface area contributed by atoms with E-state index >= 15 is 0 Å². The molecule has 0 radical (unpaired) electrons. The molecular formula is C18H21N5O3. The molecule has 2 aromatic rings. The molecule has 2 aliphatic rings. The third kappa shape index (κ3) is 3.32. The molecule has 0 aromatic carbocycles. The number of ether oxygens (including phenoxy) is 2. The van der Waals surface area contributed by atoms with Gasteiger partial charge < -0.3 is 20.1 Å². The molecule has 0 spiro atoms. The molecule has 1 aliphatic carbocycles. The van der Waals surface area contributed by atoms with Crippen molar-refractivity contribution in [3.63, 3.8) is 0 Å². The fraction of sp³-hybridized carbons (Fsp3) is 0.444. The van der Waals surface area contributed by atoms with Crippen LogP contribution in [0.2, 0.25) is 0 Å². The Morgan fingerprint density at radius 3 is 2.96 bits per heavy atom. The number of primary amides is 1. The highest BCUT2D eigenvalue weighted by Crippen LogP contribution is 2.31.